The summed E-state index contributed by atoms with van der Waals surface area (Å²) in [5.41, 5.74) is 1.67. The van der Waals surface area contributed by atoms with E-state index in [1.807, 2.05) is 39.0 Å². The van der Waals surface area contributed by atoms with Gasteiger partial charge in [-0.05, 0) is 32.4 Å². The molecule has 70 valence electrons. The summed E-state index contributed by atoms with van der Waals surface area (Å²) >= 11 is 0. The van der Waals surface area contributed by atoms with Gasteiger partial charge in [-0.25, -0.2) is 0 Å². The Hall–Kier alpha value is -1.31. The standard InChI is InChI=1S/C11H15NO/c1-8(2)12-7-10-6-4-5-9(3)11(10)13/h4-8,13H,1-3H3. The topological polar surface area (TPSA) is 32.6 Å². The molecular formula is C11H15NO. The number of aryl methyl sites for hydroxylation is 1. The van der Waals surface area contributed by atoms with Gasteiger partial charge in [-0.15, -0.1) is 0 Å². The lowest BCUT2D eigenvalue weighted by Gasteiger charge is -2.02. The molecule has 0 aliphatic heterocycles. The van der Waals surface area contributed by atoms with E-state index in [1.165, 1.54) is 0 Å². The van der Waals surface area contributed by atoms with Crippen molar-refractivity contribution in [2.24, 2.45) is 4.99 Å². The molecule has 0 unspecified atom stereocenters. The van der Waals surface area contributed by atoms with Gasteiger partial charge in [0.05, 0.1) is 0 Å². The summed E-state index contributed by atoms with van der Waals surface area (Å²) in [6.45, 7) is 5.88. The Morgan fingerprint density at radius 1 is 1.38 bits per heavy atom. The van der Waals surface area contributed by atoms with Crippen molar-refractivity contribution in [3.8, 4) is 5.75 Å². The second-order valence-electron chi connectivity index (χ2n) is 3.38. The van der Waals surface area contributed by atoms with Crippen molar-refractivity contribution in [2.75, 3.05) is 0 Å². The first-order valence-electron chi connectivity index (χ1n) is 4.43. The molecule has 2 heteroatoms. The van der Waals surface area contributed by atoms with Crippen molar-refractivity contribution in [3.05, 3.63) is 29.3 Å². The SMILES string of the molecule is Cc1cccc(C=NC(C)C)c1O. The minimum atomic E-state index is 0.264. The van der Waals surface area contributed by atoms with Crippen LogP contribution in [-0.2, 0) is 0 Å². The highest BCUT2D eigenvalue weighted by Crippen LogP contribution is 2.19. The summed E-state index contributed by atoms with van der Waals surface area (Å²) in [5.74, 6) is 0.326. The molecule has 0 saturated heterocycles. The zero-order valence-corrected chi connectivity index (χ0v) is 8.28. The highest BCUT2D eigenvalue weighted by atomic mass is 16.3. The van der Waals surface area contributed by atoms with Crippen LogP contribution in [0.3, 0.4) is 0 Å². The third-order valence-corrected chi connectivity index (χ3v) is 1.78. The predicted molar refractivity (Wildman–Crippen MR) is 55.6 cm³/mol. The second kappa shape index (κ2) is 4.08. The maximum Gasteiger partial charge on any atom is 0.127 e. The molecule has 0 bridgehead atoms. The molecule has 0 amide bonds. The average molecular weight is 177 g/mol. The minimum absolute atomic E-state index is 0.264. The van der Waals surface area contributed by atoms with Crippen LogP contribution in [0.2, 0.25) is 0 Å². The van der Waals surface area contributed by atoms with Gasteiger partial charge in [0.2, 0.25) is 0 Å². The molecule has 0 aromatic heterocycles. The van der Waals surface area contributed by atoms with E-state index < -0.39 is 0 Å². The molecule has 0 aliphatic rings. The van der Waals surface area contributed by atoms with E-state index >= 15 is 0 Å². The van der Waals surface area contributed by atoms with Crippen LogP contribution in [-0.4, -0.2) is 17.4 Å². The Morgan fingerprint density at radius 3 is 2.69 bits per heavy atom. The van der Waals surface area contributed by atoms with Crippen molar-refractivity contribution < 1.29 is 5.11 Å². The molecule has 0 heterocycles. The number of hydrogen-bond donors (Lipinski definition) is 1. The van der Waals surface area contributed by atoms with Crippen LogP contribution in [0.4, 0.5) is 0 Å². The molecule has 0 radical (unpaired) electrons. The van der Waals surface area contributed by atoms with Crippen molar-refractivity contribution in [3.63, 3.8) is 0 Å². The van der Waals surface area contributed by atoms with Gasteiger partial charge in [-0.2, -0.15) is 0 Å². The molecule has 1 aromatic rings. The summed E-state index contributed by atoms with van der Waals surface area (Å²) in [6.07, 6.45) is 1.72. The van der Waals surface area contributed by atoms with E-state index in [9.17, 15) is 5.11 Å². The quantitative estimate of drug-likeness (QED) is 0.692. The Kier molecular flexibility index (Phi) is 3.07. The number of hydrogen-bond acceptors (Lipinski definition) is 2. The lowest BCUT2D eigenvalue weighted by molar-refractivity contribution is 0.470. The Labute approximate surface area is 78.9 Å². The van der Waals surface area contributed by atoms with E-state index in [0.29, 0.717) is 5.75 Å². The van der Waals surface area contributed by atoms with E-state index in [0.717, 1.165) is 11.1 Å². The summed E-state index contributed by atoms with van der Waals surface area (Å²) < 4.78 is 0. The number of aromatic hydroxyl groups is 1. The molecule has 0 aliphatic carbocycles. The molecule has 1 aromatic carbocycles. The van der Waals surface area contributed by atoms with Gasteiger partial charge in [0.1, 0.15) is 5.75 Å². The molecule has 1 rings (SSSR count). The van der Waals surface area contributed by atoms with Crippen LogP contribution in [0.1, 0.15) is 25.0 Å². The maximum atomic E-state index is 9.62. The summed E-state index contributed by atoms with van der Waals surface area (Å²) in [5, 5.41) is 9.62. The first-order chi connectivity index (χ1) is 6.11. The molecule has 13 heavy (non-hydrogen) atoms. The van der Waals surface area contributed by atoms with Gasteiger partial charge in [-0.3, -0.25) is 4.99 Å². The molecule has 2 nitrogen and oxygen atoms in total. The van der Waals surface area contributed by atoms with E-state index in [-0.39, 0.29) is 6.04 Å². The highest BCUT2D eigenvalue weighted by Gasteiger charge is 1.99. The molecule has 0 fully saturated rings. The lowest BCUT2D eigenvalue weighted by atomic mass is 10.1. The molecule has 0 spiro atoms. The Morgan fingerprint density at radius 2 is 2.08 bits per heavy atom. The van der Waals surface area contributed by atoms with Crippen LogP contribution in [0.15, 0.2) is 23.2 Å². The largest absolute Gasteiger partial charge is 0.507 e. The van der Waals surface area contributed by atoms with Crippen LogP contribution in [0, 0.1) is 6.92 Å². The lowest BCUT2D eigenvalue weighted by Crippen LogP contribution is -1.91. The predicted octanol–water partition coefficient (Wildman–Crippen LogP) is 2.53. The zero-order chi connectivity index (χ0) is 9.84. The fraction of sp³-hybridized carbons (Fsp3) is 0.364. The number of para-hydroxylation sites is 1. The fourth-order valence-corrected chi connectivity index (χ4v) is 1.02. The molecular weight excluding hydrogens is 162 g/mol. The number of nitrogens with zero attached hydrogens (tertiary/aromatic N) is 1. The normalized spacial score (nSPS) is 11.4. The van der Waals surface area contributed by atoms with Gasteiger partial charge in [0, 0.05) is 17.8 Å². The number of benzene rings is 1. The van der Waals surface area contributed by atoms with E-state index in [2.05, 4.69) is 4.99 Å². The zero-order valence-electron chi connectivity index (χ0n) is 8.28. The number of phenols is 1. The minimum Gasteiger partial charge on any atom is -0.507 e. The third-order valence-electron chi connectivity index (χ3n) is 1.78. The average Bonchev–Trinajstić information content (AvgIpc) is 2.07. The summed E-state index contributed by atoms with van der Waals surface area (Å²) in [7, 11) is 0. The van der Waals surface area contributed by atoms with E-state index in [1.54, 1.807) is 6.21 Å². The monoisotopic (exact) mass is 177 g/mol. The van der Waals surface area contributed by atoms with Crippen LogP contribution in [0.5, 0.6) is 5.75 Å². The maximum absolute atomic E-state index is 9.62. The van der Waals surface area contributed by atoms with Crippen molar-refractivity contribution in [1.29, 1.82) is 0 Å². The van der Waals surface area contributed by atoms with Gasteiger partial charge in [-0.1, -0.05) is 12.1 Å². The third kappa shape index (κ3) is 2.58. The smallest absolute Gasteiger partial charge is 0.127 e. The van der Waals surface area contributed by atoms with Crippen molar-refractivity contribution in [1.82, 2.24) is 0 Å². The Bertz CT molecular complexity index is 316. The highest BCUT2D eigenvalue weighted by molar-refractivity contribution is 5.84. The fourth-order valence-electron chi connectivity index (χ4n) is 1.02. The van der Waals surface area contributed by atoms with Crippen LogP contribution in [0.25, 0.3) is 0 Å². The summed E-state index contributed by atoms with van der Waals surface area (Å²) in [4.78, 5) is 4.21. The van der Waals surface area contributed by atoms with Crippen LogP contribution < -0.4 is 0 Å². The number of phenolic OH excluding ortho intramolecular Hbond substituents is 1. The van der Waals surface area contributed by atoms with Crippen LogP contribution >= 0.6 is 0 Å². The number of rotatable bonds is 2. The second-order valence-corrected chi connectivity index (χ2v) is 3.38. The van der Waals surface area contributed by atoms with E-state index in [4.69, 9.17) is 0 Å². The number of aliphatic imine (C=N–C) groups is 1. The Balaban J connectivity index is 2.95. The van der Waals surface area contributed by atoms with Gasteiger partial charge >= 0.3 is 0 Å². The van der Waals surface area contributed by atoms with Crippen molar-refractivity contribution in [2.45, 2.75) is 26.8 Å². The first kappa shape index (κ1) is 9.78. The van der Waals surface area contributed by atoms with Gasteiger partial charge in [0.25, 0.3) is 0 Å². The summed E-state index contributed by atoms with van der Waals surface area (Å²) in [6, 6.07) is 5.91. The van der Waals surface area contributed by atoms with Gasteiger partial charge < -0.3 is 5.11 Å². The molecule has 0 atom stereocenters. The first-order valence-corrected chi connectivity index (χ1v) is 4.43. The van der Waals surface area contributed by atoms with Gasteiger partial charge in [0.15, 0.2) is 0 Å². The molecule has 1 N–H and O–H groups in total. The molecule has 0 saturated carbocycles. The van der Waals surface area contributed by atoms with Crippen molar-refractivity contribution >= 4 is 6.21 Å².